The molecule has 1 saturated heterocycles. The van der Waals surface area contributed by atoms with Crippen molar-refractivity contribution in [3.05, 3.63) is 48.0 Å². The van der Waals surface area contributed by atoms with Crippen LogP contribution in [0.3, 0.4) is 0 Å². The van der Waals surface area contributed by atoms with Crippen molar-refractivity contribution in [2.24, 2.45) is 5.92 Å². The molecule has 2 atom stereocenters. The number of likely N-dealkylation sites (tertiary alicyclic amines) is 1. The monoisotopic (exact) mass is 227 g/mol. The van der Waals surface area contributed by atoms with E-state index in [0.717, 1.165) is 19.4 Å². The van der Waals surface area contributed by atoms with Gasteiger partial charge >= 0.3 is 0 Å². The Morgan fingerprint density at radius 2 is 2.06 bits per heavy atom. The molecule has 1 aliphatic heterocycles. The fourth-order valence-corrected chi connectivity index (χ4v) is 2.96. The van der Waals surface area contributed by atoms with E-state index >= 15 is 0 Å². The summed E-state index contributed by atoms with van der Waals surface area (Å²) in [7, 11) is 0. The molecule has 2 unspecified atom stereocenters. The molecule has 2 nitrogen and oxygen atoms in total. The summed E-state index contributed by atoms with van der Waals surface area (Å²) in [5.74, 6) is 0.773. The van der Waals surface area contributed by atoms with Crippen molar-refractivity contribution in [2.45, 2.75) is 31.8 Å². The van der Waals surface area contributed by atoms with Gasteiger partial charge in [0, 0.05) is 24.9 Å². The van der Waals surface area contributed by atoms with Crippen LogP contribution in [-0.2, 0) is 11.3 Å². The maximum atomic E-state index is 12.0. The first-order valence-electron chi connectivity index (χ1n) is 6.34. The van der Waals surface area contributed by atoms with Crippen LogP contribution in [0.1, 0.15) is 24.8 Å². The minimum absolute atomic E-state index is 0.315. The lowest BCUT2D eigenvalue weighted by molar-refractivity contribution is -0.129. The molecule has 17 heavy (non-hydrogen) atoms. The van der Waals surface area contributed by atoms with Gasteiger partial charge < -0.3 is 4.90 Å². The van der Waals surface area contributed by atoms with Gasteiger partial charge in [-0.3, -0.25) is 4.79 Å². The second-order valence-corrected chi connectivity index (χ2v) is 4.95. The van der Waals surface area contributed by atoms with Crippen LogP contribution in [-0.4, -0.2) is 16.8 Å². The zero-order valence-corrected chi connectivity index (χ0v) is 9.88. The molecule has 0 saturated carbocycles. The summed E-state index contributed by atoms with van der Waals surface area (Å²) >= 11 is 0. The summed E-state index contributed by atoms with van der Waals surface area (Å²) < 4.78 is 0. The maximum absolute atomic E-state index is 12.0. The Kier molecular flexibility index (Phi) is 2.71. The molecule has 0 radical (unpaired) electrons. The normalized spacial score (nSPS) is 27.3. The number of fused-ring (bicyclic) bond motifs is 1. The van der Waals surface area contributed by atoms with E-state index in [4.69, 9.17) is 0 Å². The fraction of sp³-hybridized carbons (Fsp3) is 0.400. The second kappa shape index (κ2) is 4.36. The molecule has 1 heterocycles. The van der Waals surface area contributed by atoms with E-state index < -0.39 is 0 Å². The molecule has 1 amide bonds. The van der Waals surface area contributed by atoms with Gasteiger partial charge in [-0.15, -0.1) is 0 Å². The van der Waals surface area contributed by atoms with Crippen molar-refractivity contribution in [2.75, 3.05) is 0 Å². The zero-order chi connectivity index (χ0) is 11.7. The number of benzene rings is 1. The minimum atomic E-state index is 0.315. The molecule has 0 aromatic heterocycles. The zero-order valence-electron chi connectivity index (χ0n) is 9.88. The van der Waals surface area contributed by atoms with Gasteiger partial charge in [0.15, 0.2) is 0 Å². The molecule has 1 fully saturated rings. The predicted molar refractivity (Wildman–Crippen MR) is 67.3 cm³/mol. The van der Waals surface area contributed by atoms with Crippen LogP contribution in [0.5, 0.6) is 0 Å². The van der Waals surface area contributed by atoms with E-state index in [1.807, 2.05) is 18.2 Å². The van der Waals surface area contributed by atoms with E-state index in [0.29, 0.717) is 24.3 Å². The Morgan fingerprint density at radius 3 is 2.88 bits per heavy atom. The van der Waals surface area contributed by atoms with Crippen molar-refractivity contribution in [3.8, 4) is 0 Å². The fourth-order valence-electron chi connectivity index (χ4n) is 2.96. The molecule has 0 bridgehead atoms. The second-order valence-electron chi connectivity index (χ2n) is 4.95. The largest absolute Gasteiger partial charge is 0.335 e. The van der Waals surface area contributed by atoms with Crippen LogP contribution >= 0.6 is 0 Å². The first kappa shape index (κ1) is 10.6. The van der Waals surface area contributed by atoms with Gasteiger partial charge in [0.05, 0.1) is 0 Å². The van der Waals surface area contributed by atoms with Crippen molar-refractivity contribution >= 4 is 5.91 Å². The van der Waals surface area contributed by atoms with Gasteiger partial charge in [-0.05, 0) is 18.4 Å². The molecule has 1 aromatic rings. The van der Waals surface area contributed by atoms with Crippen LogP contribution in [0.2, 0.25) is 0 Å². The van der Waals surface area contributed by atoms with E-state index in [2.05, 4.69) is 29.2 Å². The number of carbonyl (C=O) groups is 1. The van der Waals surface area contributed by atoms with Gasteiger partial charge in [-0.1, -0.05) is 42.5 Å². The van der Waals surface area contributed by atoms with Crippen molar-refractivity contribution in [1.82, 2.24) is 4.90 Å². The Balaban J connectivity index is 1.79. The number of hydrogen-bond acceptors (Lipinski definition) is 1. The quantitative estimate of drug-likeness (QED) is 0.711. The van der Waals surface area contributed by atoms with Gasteiger partial charge in [0.25, 0.3) is 0 Å². The number of carbonyl (C=O) groups excluding carboxylic acids is 1. The lowest BCUT2D eigenvalue weighted by Gasteiger charge is -2.29. The van der Waals surface area contributed by atoms with Gasteiger partial charge in [-0.2, -0.15) is 0 Å². The van der Waals surface area contributed by atoms with Gasteiger partial charge in [0.1, 0.15) is 0 Å². The van der Waals surface area contributed by atoms with E-state index in [9.17, 15) is 4.79 Å². The Labute approximate surface area is 102 Å². The summed E-state index contributed by atoms with van der Waals surface area (Å²) in [5.41, 5.74) is 1.23. The molecular weight excluding hydrogens is 210 g/mol. The maximum Gasteiger partial charge on any atom is 0.223 e. The Morgan fingerprint density at radius 1 is 1.24 bits per heavy atom. The smallest absolute Gasteiger partial charge is 0.223 e. The van der Waals surface area contributed by atoms with Crippen molar-refractivity contribution in [1.29, 1.82) is 0 Å². The SMILES string of the molecule is O=C1CC2C=CCCC2N1Cc1ccccc1. The van der Waals surface area contributed by atoms with Crippen LogP contribution in [0, 0.1) is 5.92 Å². The van der Waals surface area contributed by atoms with E-state index in [1.165, 1.54) is 5.56 Å². The molecule has 88 valence electrons. The highest BCUT2D eigenvalue weighted by Crippen LogP contribution is 2.34. The highest BCUT2D eigenvalue weighted by atomic mass is 16.2. The average molecular weight is 227 g/mol. The topological polar surface area (TPSA) is 20.3 Å². The summed E-state index contributed by atoms with van der Waals surface area (Å²) in [6.07, 6.45) is 7.39. The predicted octanol–water partition coefficient (Wildman–Crippen LogP) is 2.75. The van der Waals surface area contributed by atoms with Crippen molar-refractivity contribution < 1.29 is 4.79 Å². The van der Waals surface area contributed by atoms with Crippen molar-refractivity contribution in [3.63, 3.8) is 0 Å². The van der Waals surface area contributed by atoms with Gasteiger partial charge in [-0.25, -0.2) is 0 Å². The number of amides is 1. The molecule has 3 rings (SSSR count). The highest BCUT2D eigenvalue weighted by Gasteiger charge is 2.38. The molecule has 0 N–H and O–H groups in total. The third kappa shape index (κ3) is 1.99. The highest BCUT2D eigenvalue weighted by molar-refractivity contribution is 5.79. The molecule has 2 aliphatic rings. The van der Waals surface area contributed by atoms with Crippen LogP contribution < -0.4 is 0 Å². The average Bonchev–Trinajstić information content (AvgIpc) is 2.68. The summed E-state index contributed by atoms with van der Waals surface area (Å²) in [5, 5.41) is 0. The lowest BCUT2D eigenvalue weighted by Crippen LogP contribution is -2.35. The van der Waals surface area contributed by atoms with Crippen LogP contribution in [0.25, 0.3) is 0 Å². The Hall–Kier alpha value is -1.57. The van der Waals surface area contributed by atoms with Gasteiger partial charge in [0.2, 0.25) is 5.91 Å². The minimum Gasteiger partial charge on any atom is -0.335 e. The number of allylic oxidation sites excluding steroid dienone is 1. The Bertz CT molecular complexity index is 437. The first-order chi connectivity index (χ1) is 8.34. The van der Waals surface area contributed by atoms with Crippen LogP contribution in [0.15, 0.2) is 42.5 Å². The molecule has 2 heteroatoms. The third-order valence-electron chi connectivity index (χ3n) is 3.83. The standard InChI is InChI=1S/C15H17NO/c17-15-10-13-8-4-5-9-14(13)16(15)11-12-6-2-1-3-7-12/h1-4,6-8,13-14H,5,9-11H2. The first-order valence-corrected chi connectivity index (χ1v) is 6.34. The van der Waals surface area contributed by atoms with E-state index in [1.54, 1.807) is 0 Å². The molecule has 1 aliphatic carbocycles. The summed E-state index contributed by atoms with van der Waals surface area (Å²) in [6.45, 7) is 0.772. The number of rotatable bonds is 2. The number of hydrogen-bond donors (Lipinski definition) is 0. The molecular formula is C15H17NO. The lowest BCUT2D eigenvalue weighted by atomic mass is 9.91. The molecule has 1 aromatic carbocycles. The molecule has 0 spiro atoms. The summed E-state index contributed by atoms with van der Waals surface area (Å²) in [4.78, 5) is 14.1. The third-order valence-corrected chi connectivity index (χ3v) is 3.83. The van der Waals surface area contributed by atoms with E-state index in [-0.39, 0.29) is 0 Å². The van der Waals surface area contributed by atoms with Crippen LogP contribution in [0.4, 0.5) is 0 Å². The number of nitrogens with zero attached hydrogens (tertiary/aromatic N) is 1. The summed E-state index contributed by atoms with van der Waals surface area (Å²) in [6, 6.07) is 10.7.